The van der Waals surface area contributed by atoms with E-state index in [0.29, 0.717) is 37.7 Å². The van der Waals surface area contributed by atoms with Crippen LogP contribution in [0, 0.1) is 0 Å². The van der Waals surface area contributed by atoms with Gasteiger partial charge in [0.1, 0.15) is 13.2 Å². The Morgan fingerprint density at radius 2 is 1.95 bits per heavy atom. The summed E-state index contributed by atoms with van der Waals surface area (Å²) in [5.41, 5.74) is 0. The third-order valence-electron chi connectivity index (χ3n) is 2.82. The Morgan fingerprint density at radius 3 is 2.71 bits per heavy atom. The molecule has 0 bridgehead atoms. The summed E-state index contributed by atoms with van der Waals surface area (Å²) in [6, 6.07) is 4.53. The second-order valence-corrected chi connectivity index (χ2v) is 6.16. The van der Waals surface area contributed by atoms with E-state index in [0.717, 1.165) is 0 Å². The van der Waals surface area contributed by atoms with Gasteiger partial charge in [0.2, 0.25) is 10.0 Å². The molecule has 118 valence electrons. The van der Waals surface area contributed by atoms with Gasteiger partial charge >= 0.3 is 0 Å². The minimum absolute atomic E-state index is 0.0388. The Balaban J connectivity index is 1.90. The number of nitrogens with one attached hydrogen (secondary N) is 1. The first-order valence-electron chi connectivity index (χ1n) is 6.71. The van der Waals surface area contributed by atoms with Crippen LogP contribution in [0.3, 0.4) is 0 Å². The summed E-state index contributed by atoms with van der Waals surface area (Å²) in [4.78, 5) is 0.142. The number of hydrogen-bond donors (Lipinski definition) is 2. The van der Waals surface area contributed by atoms with Crippen molar-refractivity contribution >= 4 is 10.0 Å². The Morgan fingerprint density at radius 1 is 1.19 bits per heavy atom. The van der Waals surface area contributed by atoms with Crippen molar-refractivity contribution in [2.24, 2.45) is 0 Å². The molecule has 2 rings (SSSR count). The summed E-state index contributed by atoms with van der Waals surface area (Å²) in [6.07, 6.45) is 0.532. The molecule has 0 fully saturated rings. The predicted octanol–water partition coefficient (Wildman–Crippen LogP) is 0.135. The van der Waals surface area contributed by atoms with Gasteiger partial charge in [0.05, 0.1) is 18.1 Å². The summed E-state index contributed by atoms with van der Waals surface area (Å²) < 4.78 is 42.5. The first kappa shape index (κ1) is 16.0. The Bertz CT molecular complexity index is 560. The molecular formula is C13H19NO6S. The van der Waals surface area contributed by atoms with E-state index in [4.69, 9.17) is 19.3 Å². The first-order valence-corrected chi connectivity index (χ1v) is 8.20. The number of aliphatic hydroxyl groups excluding tert-OH is 1. The molecular weight excluding hydrogens is 298 g/mol. The molecule has 0 saturated heterocycles. The van der Waals surface area contributed by atoms with Gasteiger partial charge in [-0.05, 0) is 18.6 Å². The molecule has 0 unspecified atom stereocenters. The molecule has 0 amide bonds. The van der Waals surface area contributed by atoms with Crippen molar-refractivity contribution in [2.45, 2.75) is 11.3 Å². The Labute approximate surface area is 123 Å². The third-order valence-corrected chi connectivity index (χ3v) is 4.28. The van der Waals surface area contributed by atoms with E-state index >= 15 is 0 Å². The molecule has 1 aliphatic rings. The van der Waals surface area contributed by atoms with Crippen LogP contribution in [0.25, 0.3) is 0 Å². The van der Waals surface area contributed by atoms with Crippen LogP contribution in [-0.2, 0) is 14.8 Å². The molecule has 0 aliphatic carbocycles. The van der Waals surface area contributed by atoms with Crippen molar-refractivity contribution in [3.05, 3.63) is 18.2 Å². The van der Waals surface area contributed by atoms with Crippen molar-refractivity contribution in [3.63, 3.8) is 0 Å². The molecule has 0 spiro atoms. The average Bonchev–Trinajstić information content (AvgIpc) is 2.50. The van der Waals surface area contributed by atoms with Crippen molar-refractivity contribution in [1.29, 1.82) is 0 Å². The molecule has 1 heterocycles. The van der Waals surface area contributed by atoms with Gasteiger partial charge in [-0.1, -0.05) is 0 Å². The maximum absolute atomic E-state index is 12.1. The van der Waals surface area contributed by atoms with Crippen molar-refractivity contribution in [1.82, 2.24) is 4.72 Å². The molecule has 2 N–H and O–H groups in total. The summed E-state index contributed by atoms with van der Waals surface area (Å²) in [6.45, 7) is 1.75. The van der Waals surface area contributed by atoms with Crippen LogP contribution >= 0.6 is 0 Å². The fraction of sp³-hybridized carbons (Fsp3) is 0.538. The van der Waals surface area contributed by atoms with Gasteiger partial charge in [0.25, 0.3) is 0 Å². The fourth-order valence-electron chi connectivity index (χ4n) is 1.82. The number of hydrogen-bond acceptors (Lipinski definition) is 6. The van der Waals surface area contributed by atoms with E-state index in [1.54, 1.807) is 6.07 Å². The Kier molecular flexibility index (Phi) is 5.80. The number of benzene rings is 1. The highest BCUT2D eigenvalue weighted by Crippen LogP contribution is 2.32. The van der Waals surface area contributed by atoms with Crippen LogP contribution in [0.2, 0.25) is 0 Å². The lowest BCUT2D eigenvalue weighted by Crippen LogP contribution is -2.26. The average molecular weight is 317 g/mol. The number of rotatable bonds is 8. The smallest absolute Gasteiger partial charge is 0.240 e. The zero-order valence-corrected chi connectivity index (χ0v) is 12.4. The Hall–Kier alpha value is -1.35. The minimum atomic E-state index is -3.58. The van der Waals surface area contributed by atoms with Gasteiger partial charge in [-0.3, -0.25) is 0 Å². The van der Waals surface area contributed by atoms with Gasteiger partial charge in [-0.25, -0.2) is 13.1 Å². The third kappa shape index (κ3) is 4.57. The topological polar surface area (TPSA) is 94.1 Å². The highest BCUT2D eigenvalue weighted by molar-refractivity contribution is 7.89. The van der Waals surface area contributed by atoms with Crippen LogP contribution in [0.4, 0.5) is 0 Å². The number of fused-ring (bicyclic) bond motifs is 1. The van der Waals surface area contributed by atoms with Crippen molar-refractivity contribution < 1.29 is 27.7 Å². The maximum atomic E-state index is 12.1. The van der Waals surface area contributed by atoms with E-state index in [1.807, 2.05) is 0 Å². The van der Waals surface area contributed by atoms with Gasteiger partial charge in [-0.2, -0.15) is 0 Å². The van der Waals surface area contributed by atoms with E-state index in [9.17, 15) is 8.42 Å². The summed E-state index contributed by atoms with van der Waals surface area (Å²) in [5.74, 6) is 0.994. The molecule has 7 nitrogen and oxygen atoms in total. The number of sulfonamides is 1. The van der Waals surface area contributed by atoms with Gasteiger partial charge in [0, 0.05) is 19.2 Å². The number of aliphatic hydroxyl groups is 1. The van der Waals surface area contributed by atoms with E-state index in [2.05, 4.69) is 4.72 Å². The lowest BCUT2D eigenvalue weighted by molar-refractivity contribution is 0.0913. The molecule has 1 aromatic rings. The van der Waals surface area contributed by atoms with Gasteiger partial charge in [0.15, 0.2) is 11.5 Å². The van der Waals surface area contributed by atoms with E-state index in [1.165, 1.54) is 12.1 Å². The van der Waals surface area contributed by atoms with Gasteiger partial charge < -0.3 is 19.3 Å². The summed E-state index contributed by atoms with van der Waals surface area (Å²) in [7, 11) is -3.58. The first-order chi connectivity index (χ1) is 10.1. The van der Waals surface area contributed by atoms with Crippen LogP contribution in [0.1, 0.15) is 6.42 Å². The van der Waals surface area contributed by atoms with E-state index in [-0.39, 0.29) is 24.7 Å². The number of ether oxygens (including phenoxy) is 3. The highest BCUT2D eigenvalue weighted by atomic mass is 32.2. The molecule has 0 aromatic heterocycles. The second kappa shape index (κ2) is 7.60. The van der Waals surface area contributed by atoms with Crippen LogP contribution < -0.4 is 14.2 Å². The summed E-state index contributed by atoms with van der Waals surface area (Å²) >= 11 is 0. The fourth-order valence-corrected chi connectivity index (χ4v) is 2.91. The quantitative estimate of drug-likeness (QED) is 0.662. The minimum Gasteiger partial charge on any atom is -0.486 e. The molecule has 0 saturated carbocycles. The standard InChI is InChI=1S/C13H19NO6S/c15-5-7-18-6-1-4-14-21(16,17)11-2-3-12-13(10-11)20-9-8-19-12/h2-3,10,14-15H,1,4-9H2. The highest BCUT2D eigenvalue weighted by Gasteiger charge is 2.18. The molecule has 21 heavy (non-hydrogen) atoms. The second-order valence-electron chi connectivity index (χ2n) is 4.39. The maximum Gasteiger partial charge on any atom is 0.240 e. The van der Waals surface area contributed by atoms with Crippen LogP contribution in [-0.4, -0.2) is 53.1 Å². The lowest BCUT2D eigenvalue weighted by atomic mass is 10.3. The normalized spacial score (nSPS) is 14.1. The monoisotopic (exact) mass is 317 g/mol. The predicted molar refractivity (Wildman–Crippen MR) is 75.1 cm³/mol. The zero-order valence-electron chi connectivity index (χ0n) is 11.6. The van der Waals surface area contributed by atoms with Crippen molar-refractivity contribution in [2.75, 3.05) is 39.6 Å². The molecule has 0 radical (unpaired) electrons. The van der Waals surface area contributed by atoms with Crippen LogP contribution in [0.5, 0.6) is 11.5 Å². The molecule has 0 atom stereocenters. The molecule has 8 heteroatoms. The SMILES string of the molecule is O=S(=O)(NCCCOCCO)c1ccc2c(c1)OCCO2. The van der Waals surface area contributed by atoms with E-state index < -0.39 is 10.0 Å². The summed E-state index contributed by atoms with van der Waals surface area (Å²) in [5, 5.41) is 8.54. The lowest BCUT2D eigenvalue weighted by Gasteiger charge is -2.18. The van der Waals surface area contributed by atoms with Crippen molar-refractivity contribution in [3.8, 4) is 11.5 Å². The largest absolute Gasteiger partial charge is 0.486 e. The van der Waals surface area contributed by atoms with Crippen LogP contribution in [0.15, 0.2) is 23.1 Å². The van der Waals surface area contributed by atoms with Gasteiger partial charge in [-0.15, -0.1) is 0 Å². The molecule has 1 aliphatic heterocycles. The molecule has 1 aromatic carbocycles. The zero-order chi connectivity index (χ0) is 15.1.